The molecule has 4 aromatic rings. The van der Waals surface area contributed by atoms with Gasteiger partial charge in [0, 0.05) is 6.20 Å². The summed E-state index contributed by atoms with van der Waals surface area (Å²) in [6.07, 6.45) is 1.58. The van der Waals surface area contributed by atoms with E-state index < -0.39 is 5.69 Å². The van der Waals surface area contributed by atoms with Crippen molar-refractivity contribution in [3.05, 3.63) is 99.8 Å². The van der Waals surface area contributed by atoms with Crippen LogP contribution >= 0.6 is 0 Å². The Morgan fingerprint density at radius 2 is 1.25 bits per heavy atom. The first-order chi connectivity index (χ1) is 11.8. The van der Waals surface area contributed by atoms with Crippen molar-refractivity contribution in [2.24, 2.45) is 0 Å². The third-order valence-corrected chi connectivity index (χ3v) is 3.84. The second kappa shape index (κ2) is 5.62. The average molecular weight is 315 g/mol. The van der Waals surface area contributed by atoms with Gasteiger partial charge in [-0.1, -0.05) is 36.4 Å². The minimum absolute atomic E-state index is 0.353. The summed E-state index contributed by atoms with van der Waals surface area (Å²) in [5, 5.41) is 0.393. The third kappa shape index (κ3) is 2.14. The quantitative estimate of drug-likeness (QED) is 0.571. The summed E-state index contributed by atoms with van der Waals surface area (Å²) in [4.78, 5) is 30.2. The maximum atomic E-state index is 13.1. The van der Waals surface area contributed by atoms with E-state index in [4.69, 9.17) is 0 Å². The number of fused-ring (bicyclic) bond motifs is 1. The van der Waals surface area contributed by atoms with Crippen molar-refractivity contribution in [3.63, 3.8) is 0 Å². The van der Waals surface area contributed by atoms with Gasteiger partial charge in [0.1, 0.15) is 0 Å². The molecule has 0 unspecified atom stereocenters. The van der Waals surface area contributed by atoms with Crippen molar-refractivity contribution in [2.75, 3.05) is 0 Å². The van der Waals surface area contributed by atoms with E-state index >= 15 is 0 Å². The second-order valence-corrected chi connectivity index (χ2v) is 5.30. The average Bonchev–Trinajstić information content (AvgIpc) is 2.64. The number of hydrogen-bond acceptors (Lipinski definition) is 3. The monoisotopic (exact) mass is 315 g/mol. The number of hydrogen-bond donors (Lipinski definition) is 0. The Morgan fingerprint density at radius 3 is 1.88 bits per heavy atom. The number of aromatic nitrogens is 3. The van der Waals surface area contributed by atoms with Crippen LogP contribution in [0.1, 0.15) is 0 Å². The standard InChI is InChI=1S/C19H13N3O2/c23-18-16-12-7-13-20-17(16)21(14-8-3-1-4-9-14)19(24)22(18)15-10-5-2-6-11-15/h1-13H. The zero-order valence-electron chi connectivity index (χ0n) is 12.7. The van der Waals surface area contributed by atoms with E-state index in [1.807, 2.05) is 36.4 Å². The zero-order valence-corrected chi connectivity index (χ0v) is 12.7. The molecular formula is C19H13N3O2. The molecule has 4 rings (SSSR count). The summed E-state index contributed by atoms with van der Waals surface area (Å²) in [5.41, 5.74) is 0.731. The molecule has 2 heterocycles. The largest absolute Gasteiger partial charge is 0.341 e. The Morgan fingerprint density at radius 1 is 0.667 bits per heavy atom. The Balaban J connectivity index is 2.21. The van der Waals surface area contributed by atoms with Crippen LogP contribution in [0.25, 0.3) is 22.4 Å². The van der Waals surface area contributed by atoms with E-state index in [0.717, 1.165) is 0 Å². The van der Waals surface area contributed by atoms with Gasteiger partial charge < -0.3 is 0 Å². The molecule has 5 nitrogen and oxygen atoms in total. The van der Waals surface area contributed by atoms with Crippen molar-refractivity contribution in [3.8, 4) is 11.4 Å². The molecule has 2 aromatic carbocycles. The highest BCUT2D eigenvalue weighted by Crippen LogP contribution is 2.12. The summed E-state index contributed by atoms with van der Waals surface area (Å²) >= 11 is 0. The van der Waals surface area contributed by atoms with Crippen molar-refractivity contribution >= 4 is 11.0 Å². The summed E-state index contributed by atoms with van der Waals surface area (Å²) < 4.78 is 2.64. The van der Waals surface area contributed by atoms with Gasteiger partial charge in [-0.15, -0.1) is 0 Å². The van der Waals surface area contributed by atoms with Crippen LogP contribution in [0.15, 0.2) is 88.6 Å². The fourth-order valence-corrected chi connectivity index (χ4v) is 2.75. The van der Waals surface area contributed by atoms with Crippen LogP contribution in [0.5, 0.6) is 0 Å². The first-order valence-electron chi connectivity index (χ1n) is 7.51. The Kier molecular flexibility index (Phi) is 3.31. The highest BCUT2D eigenvalue weighted by molar-refractivity contribution is 5.75. The van der Waals surface area contributed by atoms with E-state index in [9.17, 15) is 9.59 Å². The number of nitrogens with zero attached hydrogens (tertiary/aromatic N) is 3. The lowest BCUT2D eigenvalue weighted by molar-refractivity contribution is 0.826. The topological polar surface area (TPSA) is 56.9 Å². The van der Waals surface area contributed by atoms with Crippen LogP contribution in [-0.4, -0.2) is 14.1 Å². The predicted octanol–water partition coefficient (Wildman–Crippen LogP) is 2.54. The number of benzene rings is 2. The van der Waals surface area contributed by atoms with Gasteiger partial charge in [-0.05, 0) is 36.4 Å². The molecule has 0 radical (unpaired) electrons. The second-order valence-electron chi connectivity index (χ2n) is 5.30. The molecule has 0 saturated heterocycles. The highest BCUT2D eigenvalue weighted by Gasteiger charge is 2.15. The molecular weight excluding hydrogens is 302 g/mol. The Bertz CT molecular complexity index is 1130. The van der Waals surface area contributed by atoms with Crippen LogP contribution in [-0.2, 0) is 0 Å². The molecule has 0 aliphatic carbocycles. The van der Waals surface area contributed by atoms with Gasteiger partial charge in [-0.3, -0.25) is 4.79 Å². The lowest BCUT2D eigenvalue weighted by Gasteiger charge is -2.13. The lowest BCUT2D eigenvalue weighted by Crippen LogP contribution is -2.38. The van der Waals surface area contributed by atoms with Gasteiger partial charge in [-0.2, -0.15) is 0 Å². The van der Waals surface area contributed by atoms with E-state index in [1.165, 1.54) is 9.13 Å². The normalized spacial score (nSPS) is 10.8. The SMILES string of the molecule is O=c1c2cccnc2n(-c2ccccc2)c(=O)n1-c1ccccc1. The van der Waals surface area contributed by atoms with Crippen molar-refractivity contribution in [1.82, 2.24) is 14.1 Å². The molecule has 0 fully saturated rings. The van der Waals surface area contributed by atoms with Gasteiger partial charge in [0.2, 0.25) is 0 Å². The van der Waals surface area contributed by atoms with Gasteiger partial charge in [0.15, 0.2) is 5.65 Å². The number of pyridine rings is 1. The zero-order chi connectivity index (χ0) is 16.5. The summed E-state index contributed by atoms with van der Waals surface area (Å²) in [7, 11) is 0. The minimum Gasteiger partial charge on any atom is -0.268 e. The highest BCUT2D eigenvalue weighted by atomic mass is 16.2. The van der Waals surface area contributed by atoms with Gasteiger partial charge in [0.05, 0.1) is 16.8 Å². The van der Waals surface area contributed by atoms with Crippen LogP contribution < -0.4 is 11.2 Å². The molecule has 2 aromatic heterocycles. The van der Waals surface area contributed by atoms with Crippen molar-refractivity contribution < 1.29 is 0 Å². The molecule has 0 amide bonds. The molecule has 0 spiro atoms. The van der Waals surface area contributed by atoms with Crippen molar-refractivity contribution in [2.45, 2.75) is 0 Å². The molecule has 24 heavy (non-hydrogen) atoms. The molecule has 0 N–H and O–H groups in total. The molecule has 116 valence electrons. The summed E-state index contributed by atoms with van der Waals surface area (Å²) in [5.74, 6) is 0. The minimum atomic E-state index is -0.441. The van der Waals surface area contributed by atoms with Gasteiger partial charge in [0.25, 0.3) is 5.56 Å². The number of rotatable bonds is 2. The van der Waals surface area contributed by atoms with Crippen LogP contribution in [0, 0.1) is 0 Å². The van der Waals surface area contributed by atoms with Gasteiger partial charge in [-0.25, -0.2) is 18.9 Å². The summed E-state index contributed by atoms with van der Waals surface area (Å²) in [6, 6.07) is 21.5. The van der Waals surface area contributed by atoms with Crippen LogP contribution in [0.4, 0.5) is 0 Å². The molecule has 0 aliphatic heterocycles. The van der Waals surface area contributed by atoms with E-state index in [1.54, 1.807) is 42.6 Å². The van der Waals surface area contributed by atoms with E-state index in [2.05, 4.69) is 4.98 Å². The smallest absolute Gasteiger partial charge is 0.268 e. The molecule has 0 saturated carbocycles. The molecule has 0 aliphatic rings. The fourth-order valence-electron chi connectivity index (χ4n) is 2.75. The molecule has 5 heteroatoms. The third-order valence-electron chi connectivity index (χ3n) is 3.84. The van der Waals surface area contributed by atoms with E-state index in [-0.39, 0.29) is 5.56 Å². The van der Waals surface area contributed by atoms with Crippen molar-refractivity contribution in [1.29, 1.82) is 0 Å². The van der Waals surface area contributed by atoms with Crippen LogP contribution in [0.2, 0.25) is 0 Å². The maximum absolute atomic E-state index is 13.1. The van der Waals surface area contributed by atoms with Gasteiger partial charge >= 0.3 is 5.69 Å². The Hall–Kier alpha value is -3.47. The lowest BCUT2D eigenvalue weighted by atomic mass is 10.2. The molecule has 0 bridgehead atoms. The van der Waals surface area contributed by atoms with Crippen LogP contribution in [0.3, 0.4) is 0 Å². The molecule has 0 atom stereocenters. The summed E-state index contributed by atoms with van der Waals surface area (Å²) in [6.45, 7) is 0. The van der Waals surface area contributed by atoms with E-state index in [0.29, 0.717) is 22.4 Å². The predicted molar refractivity (Wildman–Crippen MR) is 92.9 cm³/mol. The fraction of sp³-hybridized carbons (Fsp3) is 0. The number of para-hydroxylation sites is 2. The first-order valence-corrected chi connectivity index (χ1v) is 7.51. The Labute approximate surface area is 137 Å². The first kappa shape index (κ1) is 14.1. The maximum Gasteiger partial charge on any atom is 0.341 e.